The highest BCUT2D eigenvalue weighted by Gasteiger charge is 2.31. The number of nitrogens with zero attached hydrogens (tertiary/aromatic N) is 2. The summed E-state index contributed by atoms with van der Waals surface area (Å²) in [7, 11) is 0. The topological polar surface area (TPSA) is 74.3 Å². The van der Waals surface area contributed by atoms with Crippen LogP contribution in [0.4, 0.5) is 11.4 Å². The average molecular weight is 419 g/mol. The van der Waals surface area contributed by atoms with Crippen LogP contribution in [0.3, 0.4) is 0 Å². The van der Waals surface area contributed by atoms with Gasteiger partial charge in [0.15, 0.2) is 0 Å². The Morgan fingerprint density at radius 3 is 2.77 bits per heavy atom. The van der Waals surface area contributed by atoms with Gasteiger partial charge in [-0.25, -0.2) is 0 Å². The number of hydrogen-bond donors (Lipinski definition) is 2. The van der Waals surface area contributed by atoms with Gasteiger partial charge in [-0.15, -0.1) is 0 Å². The first-order chi connectivity index (χ1) is 15.2. The molecule has 0 unspecified atom stereocenters. The standard InChI is InChI=1S/C25H30N4O2/c30-24(28-22(14-17-4-1-2-5-17)25(31)27-20-8-9-20)19-6-3-7-21(15-19)29-13-11-18-10-12-26-16-23(18)29/h3,6-7,10,12,15-17,20,22H,1-2,4-5,8-9,11,13-14H2,(H,27,31)(H,28,30)/t22-/m0/s1. The van der Waals surface area contributed by atoms with Crippen molar-refractivity contribution in [1.82, 2.24) is 15.6 Å². The smallest absolute Gasteiger partial charge is 0.252 e. The molecule has 2 aliphatic carbocycles. The fourth-order valence-corrected chi connectivity index (χ4v) is 4.89. The summed E-state index contributed by atoms with van der Waals surface area (Å²) >= 11 is 0. The second-order valence-electron chi connectivity index (χ2n) is 9.15. The molecule has 2 fully saturated rings. The predicted octanol–water partition coefficient (Wildman–Crippen LogP) is 3.73. The zero-order chi connectivity index (χ0) is 21.2. The lowest BCUT2D eigenvalue weighted by molar-refractivity contribution is -0.123. The Morgan fingerprint density at radius 2 is 1.97 bits per heavy atom. The third kappa shape index (κ3) is 4.58. The van der Waals surface area contributed by atoms with E-state index in [1.54, 1.807) is 0 Å². The van der Waals surface area contributed by atoms with Crippen molar-refractivity contribution < 1.29 is 9.59 Å². The number of amides is 2. The number of aromatic nitrogens is 1. The van der Waals surface area contributed by atoms with Crippen LogP contribution in [0.15, 0.2) is 42.7 Å². The molecule has 2 N–H and O–H groups in total. The second kappa shape index (κ2) is 8.69. The molecule has 6 nitrogen and oxygen atoms in total. The number of fused-ring (bicyclic) bond motifs is 1. The van der Waals surface area contributed by atoms with Crippen LogP contribution in [0.25, 0.3) is 0 Å². The van der Waals surface area contributed by atoms with Gasteiger partial charge < -0.3 is 15.5 Å². The van der Waals surface area contributed by atoms with Gasteiger partial charge in [-0.3, -0.25) is 14.6 Å². The molecule has 1 atom stereocenters. The van der Waals surface area contributed by atoms with Gasteiger partial charge >= 0.3 is 0 Å². The van der Waals surface area contributed by atoms with Gasteiger partial charge in [-0.2, -0.15) is 0 Å². The van der Waals surface area contributed by atoms with E-state index in [1.165, 1.54) is 18.4 Å². The third-order valence-corrected chi connectivity index (χ3v) is 6.79. The van der Waals surface area contributed by atoms with E-state index < -0.39 is 6.04 Å². The van der Waals surface area contributed by atoms with Gasteiger partial charge in [-0.05, 0) is 61.4 Å². The Bertz CT molecular complexity index is 965. The average Bonchev–Trinajstić information content (AvgIpc) is 3.27. The molecule has 31 heavy (non-hydrogen) atoms. The molecule has 1 aromatic carbocycles. The number of anilines is 2. The molecule has 1 aliphatic heterocycles. The second-order valence-corrected chi connectivity index (χ2v) is 9.15. The molecular weight excluding hydrogens is 388 g/mol. The summed E-state index contributed by atoms with van der Waals surface area (Å²) in [6, 6.07) is 9.56. The van der Waals surface area contributed by atoms with Crippen LogP contribution in [-0.2, 0) is 11.2 Å². The molecule has 0 spiro atoms. The SMILES string of the molecule is O=C(N[C@@H](CC1CCCC1)C(=O)NC1CC1)c1cccc(N2CCc3ccncc32)c1. The van der Waals surface area contributed by atoms with E-state index in [9.17, 15) is 9.59 Å². The number of pyridine rings is 1. The van der Waals surface area contributed by atoms with Crippen molar-refractivity contribution in [3.05, 3.63) is 53.9 Å². The first kappa shape index (κ1) is 20.0. The van der Waals surface area contributed by atoms with E-state index in [-0.39, 0.29) is 11.8 Å². The fourth-order valence-electron chi connectivity index (χ4n) is 4.89. The maximum Gasteiger partial charge on any atom is 0.252 e. The molecule has 3 aliphatic rings. The highest BCUT2D eigenvalue weighted by atomic mass is 16.2. The predicted molar refractivity (Wildman–Crippen MR) is 120 cm³/mol. The minimum atomic E-state index is -0.462. The zero-order valence-electron chi connectivity index (χ0n) is 17.8. The highest BCUT2D eigenvalue weighted by Crippen LogP contribution is 2.34. The van der Waals surface area contributed by atoms with Crippen LogP contribution in [0, 0.1) is 5.92 Å². The molecule has 2 heterocycles. The van der Waals surface area contributed by atoms with Gasteiger partial charge in [0.25, 0.3) is 5.91 Å². The van der Waals surface area contributed by atoms with Gasteiger partial charge in [0.2, 0.25) is 5.91 Å². The van der Waals surface area contributed by atoms with Gasteiger partial charge in [0, 0.05) is 30.0 Å². The van der Waals surface area contributed by atoms with Crippen LogP contribution in [0.2, 0.25) is 0 Å². The first-order valence-electron chi connectivity index (χ1n) is 11.6. The van der Waals surface area contributed by atoms with Crippen molar-refractivity contribution in [1.29, 1.82) is 0 Å². The van der Waals surface area contributed by atoms with Crippen molar-refractivity contribution in [2.45, 2.75) is 63.5 Å². The van der Waals surface area contributed by atoms with Crippen LogP contribution in [0.5, 0.6) is 0 Å². The molecule has 0 bridgehead atoms. The first-order valence-corrected chi connectivity index (χ1v) is 11.6. The summed E-state index contributed by atoms with van der Waals surface area (Å²) in [5.74, 6) is 0.315. The van der Waals surface area contributed by atoms with Crippen molar-refractivity contribution in [3.63, 3.8) is 0 Å². The summed E-state index contributed by atoms with van der Waals surface area (Å²) in [5.41, 5.74) is 3.95. The maximum atomic E-state index is 13.1. The van der Waals surface area contributed by atoms with Gasteiger partial charge in [0.05, 0.1) is 11.9 Å². The van der Waals surface area contributed by atoms with Crippen molar-refractivity contribution in [2.75, 3.05) is 11.4 Å². The minimum Gasteiger partial charge on any atom is -0.352 e. The van der Waals surface area contributed by atoms with Gasteiger partial charge in [0.1, 0.15) is 6.04 Å². The Kier molecular flexibility index (Phi) is 5.62. The fraction of sp³-hybridized carbons (Fsp3) is 0.480. The summed E-state index contributed by atoms with van der Waals surface area (Å²) in [4.78, 5) is 32.4. The van der Waals surface area contributed by atoms with Crippen molar-refractivity contribution >= 4 is 23.2 Å². The van der Waals surface area contributed by atoms with Crippen LogP contribution >= 0.6 is 0 Å². The molecule has 2 saturated carbocycles. The van der Waals surface area contributed by atoms with E-state index in [2.05, 4.69) is 26.6 Å². The van der Waals surface area contributed by atoms with Crippen molar-refractivity contribution in [2.24, 2.45) is 5.92 Å². The van der Waals surface area contributed by atoms with Gasteiger partial charge in [-0.1, -0.05) is 31.7 Å². The molecular formula is C25H30N4O2. The number of benzene rings is 1. The number of rotatable bonds is 7. The van der Waals surface area contributed by atoms with Crippen molar-refractivity contribution in [3.8, 4) is 0 Å². The van der Waals surface area contributed by atoms with E-state index in [1.807, 2.05) is 36.7 Å². The van der Waals surface area contributed by atoms with E-state index in [0.717, 1.165) is 56.4 Å². The monoisotopic (exact) mass is 418 g/mol. The lowest BCUT2D eigenvalue weighted by Crippen LogP contribution is -2.48. The molecule has 5 rings (SSSR count). The number of carbonyl (C=O) groups is 2. The molecule has 0 saturated heterocycles. The molecule has 0 radical (unpaired) electrons. The Hall–Kier alpha value is -2.89. The third-order valence-electron chi connectivity index (χ3n) is 6.79. The zero-order valence-corrected chi connectivity index (χ0v) is 17.8. The largest absolute Gasteiger partial charge is 0.352 e. The normalized spacial score (nSPS) is 19.2. The molecule has 6 heteroatoms. The minimum absolute atomic E-state index is 0.0292. The number of nitrogens with one attached hydrogen (secondary N) is 2. The lowest BCUT2D eigenvalue weighted by Gasteiger charge is -2.22. The number of hydrogen-bond acceptors (Lipinski definition) is 4. The Balaban J connectivity index is 1.31. The van der Waals surface area contributed by atoms with Crippen LogP contribution in [-0.4, -0.2) is 35.4 Å². The quantitative estimate of drug-likeness (QED) is 0.719. The lowest BCUT2D eigenvalue weighted by atomic mass is 9.97. The Morgan fingerprint density at radius 1 is 1.13 bits per heavy atom. The van der Waals surface area contributed by atoms with Crippen LogP contribution < -0.4 is 15.5 Å². The summed E-state index contributed by atoms with van der Waals surface area (Å²) in [6.07, 6.45) is 12.3. The molecule has 2 amide bonds. The number of carbonyl (C=O) groups excluding carboxylic acids is 2. The summed E-state index contributed by atoms with van der Waals surface area (Å²) in [6.45, 7) is 0.875. The van der Waals surface area contributed by atoms with Crippen LogP contribution in [0.1, 0.15) is 60.9 Å². The highest BCUT2D eigenvalue weighted by molar-refractivity contribution is 5.98. The molecule has 1 aromatic heterocycles. The summed E-state index contributed by atoms with van der Waals surface area (Å²) < 4.78 is 0. The maximum absolute atomic E-state index is 13.1. The summed E-state index contributed by atoms with van der Waals surface area (Å²) in [5, 5.41) is 6.13. The Labute approximate surface area is 183 Å². The molecule has 162 valence electrons. The van der Waals surface area contributed by atoms with E-state index >= 15 is 0 Å². The van der Waals surface area contributed by atoms with E-state index in [0.29, 0.717) is 17.5 Å². The van der Waals surface area contributed by atoms with E-state index in [4.69, 9.17) is 0 Å². The molecule has 2 aromatic rings.